The van der Waals surface area contributed by atoms with Gasteiger partial charge in [-0.1, -0.05) is 33.1 Å². The summed E-state index contributed by atoms with van der Waals surface area (Å²) in [5, 5.41) is 16.5. The third kappa shape index (κ3) is 6.96. The van der Waals surface area contributed by atoms with Crippen LogP contribution in [-0.4, -0.2) is 58.0 Å². The van der Waals surface area contributed by atoms with E-state index in [1.54, 1.807) is 4.90 Å². The molecule has 2 rings (SSSR count). The van der Waals surface area contributed by atoms with Gasteiger partial charge in [0.1, 0.15) is 6.04 Å². The fourth-order valence-electron chi connectivity index (χ4n) is 4.57. The van der Waals surface area contributed by atoms with E-state index in [9.17, 15) is 19.5 Å². The van der Waals surface area contributed by atoms with Crippen LogP contribution in [0.4, 0.5) is 0 Å². The van der Waals surface area contributed by atoms with E-state index in [-0.39, 0.29) is 23.7 Å². The van der Waals surface area contributed by atoms with Gasteiger partial charge in [0, 0.05) is 18.0 Å². The molecular weight excluding hydrogens is 382 g/mol. The Morgan fingerprint density at radius 1 is 1.00 bits per heavy atom. The number of likely N-dealkylation sites (tertiary alicyclic amines) is 1. The molecule has 3 amide bonds. The van der Waals surface area contributed by atoms with E-state index < -0.39 is 29.6 Å². The molecule has 0 aromatic carbocycles. The Kier molecular flexibility index (Phi) is 8.71. The molecule has 30 heavy (non-hydrogen) atoms. The van der Waals surface area contributed by atoms with Gasteiger partial charge in [0.05, 0.1) is 6.04 Å². The fraction of sp³-hybridized carbons (Fsp3) is 0.870. The zero-order valence-corrected chi connectivity index (χ0v) is 19.4. The SMILES string of the molecule is CC(C)C[C@@H](NC(=O)C(O)[C@@H]1CCCN1C(=O)C1CCCCC1)C(=O)NC(C)(C)C. The monoisotopic (exact) mass is 423 g/mol. The number of nitrogens with one attached hydrogen (secondary N) is 2. The van der Waals surface area contributed by atoms with Crippen molar-refractivity contribution >= 4 is 17.7 Å². The Morgan fingerprint density at radius 3 is 2.20 bits per heavy atom. The van der Waals surface area contributed by atoms with Crippen LogP contribution in [0.1, 0.15) is 86.0 Å². The van der Waals surface area contributed by atoms with E-state index in [0.717, 1.165) is 32.1 Å². The number of carbonyl (C=O) groups is 3. The molecule has 1 aliphatic heterocycles. The van der Waals surface area contributed by atoms with Gasteiger partial charge in [-0.2, -0.15) is 0 Å². The molecule has 0 aromatic rings. The van der Waals surface area contributed by atoms with E-state index in [1.807, 2.05) is 34.6 Å². The van der Waals surface area contributed by atoms with Gasteiger partial charge in [-0.25, -0.2) is 0 Å². The normalized spacial score (nSPS) is 22.6. The highest BCUT2D eigenvalue weighted by Crippen LogP contribution is 2.29. The molecule has 3 atom stereocenters. The van der Waals surface area contributed by atoms with Gasteiger partial charge < -0.3 is 20.6 Å². The zero-order chi connectivity index (χ0) is 22.5. The highest BCUT2D eigenvalue weighted by atomic mass is 16.3. The molecule has 7 nitrogen and oxygen atoms in total. The summed E-state index contributed by atoms with van der Waals surface area (Å²) in [4.78, 5) is 40.2. The highest BCUT2D eigenvalue weighted by molar-refractivity contribution is 5.90. The molecule has 172 valence electrons. The van der Waals surface area contributed by atoms with E-state index in [4.69, 9.17) is 0 Å². The number of rotatable bonds is 7. The molecule has 0 bridgehead atoms. The zero-order valence-electron chi connectivity index (χ0n) is 19.4. The maximum atomic E-state index is 13.0. The lowest BCUT2D eigenvalue weighted by molar-refractivity contribution is -0.144. The maximum Gasteiger partial charge on any atom is 0.251 e. The van der Waals surface area contributed by atoms with Gasteiger partial charge >= 0.3 is 0 Å². The number of aliphatic hydroxyl groups excluding tert-OH is 1. The smallest absolute Gasteiger partial charge is 0.251 e. The molecule has 3 N–H and O–H groups in total. The van der Waals surface area contributed by atoms with Gasteiger partial charge in [-0.05, 0) is 58.8 Å². The molecule has 7 heteroatoms. The molecule has 2 aliphatic rings. The molecule has 1 aliphatic carbocycles. The van der Waals surface area contributed by atoms with Crippen molar-refractivity contribution in [1.82, 2.24) is 15.5 Å². The predicted octanol–water partition coefficient (Wildman–Crippen LogP) is 2.36. The average Bonchev–Trinajstić information content (AvgIpc) is 3.14. The largest absolute Gasteiger partial charge is 0.381 e. The van der Waals surface area contributed by atoms with Gasteiger partial charge in [0.15, 0.2) is 6.10 Å². The molecule has 1 saturated carbocycles. The van der Waals surface area contributed by atoms with E-state index in [2.05, 4.69) is 10.6 Å². The van der Waals surface area contributed by atoms with Crippen molar-refractivity contribution < 1.29 is 19.5 Å². The maximum absolute atomic E-state index is 13.0. The number of aliphatic hydroxyl groups is 1. The third-order valence-corrected chi connectivity index (χ3v) is 6.01. The Hall–Kier alpha value is -1.63. The molecule has 0 spiro atoms. The second-order valence-corrected chi connectivity index (χ2v) is 10.5. The summed E-state index contributed by atoms with van der Waals surface area (Å²) >= 11 is 0. The van der Waals surface area contributed by atoms with Crippen LogP contribution in [-0.2, 0) is 14.4 Å². The van der Waals surface area contributed by atoms with Crippen molar-refractivity contribution in [2.24, 2.45) is 11.8 Å². The Labute approximate surface area is 181 Å². The summed E-state index contributed by atoms with van der Waals surface area (Å²) in [7, 11) is 0. The number of carbonyl (C=O) groups excluding carboxylic acids is 3. The molecule has 1 unspecified atom stereocenters. The predicted molar refractivity (Wildman–Crippen MR) is 117 cm³/mol. The number of amides is 3. The summed E-state index contributed by atoms with van der Waals surface area (Å²) in [6, 6.07) is -1.22. The number of hydrogen-bond acceptors (Lipinski definition) is 4. The van der Waals surface area contributed by atoms with Gasteiger partial charge in [-0.15, -0.1) is 0 Å². The van der Waals surface area contributed by atoms with Crippen molar-refractivity contribution in [3.05, 3.63) is 0 Å². The first kappa shape index (κ1) is 24.6. The lowest BCUT2D eigenvalue weighted by Crippen LogP contribution is -2.57. The van der Waals surface area contributed by atoms with Crippen molar-refractivity contribution in [2.75, 3.05) is 6.54 Å². The van der Waals surface area contributed by atoms with Gasteiger partial charge in [0.25, 0.3) is 5.91 Å². The third-order valence-electron chi connectivity index (χ3n) is 6.01. The van der Waals surface area contributed by atoms with E-state index >= 15 is 0 Å². The second kappa shape index (κ2) is 10.6. The molecular formula is C23H41N3O4. The number of nitrogens with zero attached hydrogens (tertiary/aromatic N) is 1. The summed E-state index contributed by atoms with van der Waals surface area (Å²) in [6.07, 6.45) is 5.65. The van der Waals surface area contributed by atoms with Gasteiger partial charge in [0.2, 0.25) is 11.8 Å². The van der Waals surface area contributed by atoms with Crippen LogP contribution in [0, 0.1) is 11.8 Å². The Bertz CT molecular complexity index is 608. The summed E-state index contributed by atoms with van der Waals surface area (Å²) < 4.78 is 0. The lowest BCUT2D eigenvalue weighted by Gasteiger charge is -2.33. The molecule has 1 heterocycles. The fourth-order valence-corrected chi connectivity index (χ4v) is 4.57. The quantitative estimate of drug-likeness (QED) is 0.585. The first-order valence-corrected chi connectivity index (χ1v) is 11.6. The standard InChI is InChI=1S/C23H41N3O4/c1-15(2)14-17(20(28)25-23(3,4)5)24-21(29)19(27)18-12-9-13-26(18)22(30)16-10-7-6-8-11-16/h15-19,27H,6-14H2,1-5H3,(H,24,29)(H,25,28)/t17-,18+,19?/m1/s1. The van der Waals surface area contributed by atoms with Crippen LogP contribution in [0.5, 0.6) is 0 Å². The van der Waals surface area contributed by atoms with Crippen molar-refractivity contribution in [3.63, 3.8) is 0 Å². The molecule has 1 saturated heterocycles. The van der Waals surface area contributed by atoms with Crippen LogP contribution >= 0.6 is 0 Å². The minimum Gasteiger partial charge on any atom is -0.381 e. The van der Waals surface area contributed by atoms with Crippen LogP contribution in [0.25, 0.3) is 0 Å². The van der Waals surface area contributed by atoms with Crippen molar-refractivity contribution in [2.45, 2.75) is 110 Å². The number of hydrogen-bond donors (Lipinski definition) is 3. The average molecular weight is 424 g/mol. The highest BCUT2D eigenvalue weighted by Gasteiger charge is 2.40. The van der Waals surface area contributed by atoms with E-state index in [1.165, 1.54) is 6.42 Å². The van der Waals surface area contributed by atoms with Crippen LogP contribution in [0.3, 0.4) is 0 Å². The first-order chi connectivity index (χ1) is 14.0. The molecule has 2 fully saturated rings. The molecule has 0 radical (unpaired) electrons. The minimum atomic E-state index is -1.32. The summed E-state index contributed by atoms with van der Waals surface area (Å²) in [5.41, 5.74) is -0.412. The minimum absolute atomic E-state index is 0.0147. The van der Waals surface area contributed by atoms with E-state index in [0.29, 0.717) is 19.4 Å². The first-order valence-electron chi connectivity index (χ1n) is 11.6. The molecule has 0 aromatic heterocycles. The Balaban J connectivity index is 2.03. The Morgan fingerprint density at radius 2 is 1.63 bits per heavy atom. The van der Waals surface area contributed by atoms with Crippen LogP contribution in [0.2, 0.25) is 0 Å². The lowest BCUT2D eigenvalue weighted by atomic mass is 9.88. The topological polar surface area (TPSA) is 98.7 Å². The van der Waals surface area contributed by atoms with Crippen LogP contribution < -0.4 is 10.6 Å². The summed E-state index contributed by atoms with van der Waals surface area (Å²) in [5.74, 6) is -0.528. The van der Waals surface area contributed by atoms with Crippen LogP contribution in [0.15, 0.2) is 0 Å². The van der Waals surface area contributed by atoms with Crippen molar-refractivity contribution in [1.29, 1.82) is 0 Å². The second-order valence-electron chi connectivity index (χ2n) is 10.5. The summed E-state index contributed by atoms with van der Waals surface area (Å²) in [6.45, 7) is 10.2. The van der Waals surface area contributed by atoms with Crippen molar-refractivity contribution in [3.8, 4) is 0 Å². The van der Waals surface area contributed by atoms with Gasteiger partial charge in [-0.3, -0.25) is 14.4 Å².